The van der Waals surface area contributed by atoms with Crippen LogP contribution in [0.1, 0.15) is 5.56 Å². The van der Waals surface area contributed by atoms with E-state index in [0.717, 1.165) is 5.56 Å². The molecule has 0 spiro atoms. The summed E-state index contributed by atoms with van der Waals surface area (Å²) in [6.07, 6.45) is 4.94. The summed E-state index contributed by atoms with van der Waals surface area (Å²) in [6.45, 7) is 1.90. The molecule has 0 fully saturated rings. The van der Waals surface area contributed by atoms with Crippen LogP contribution in [0.3, 0.4) is 0 Å². The fourth-order valence-electron chi connectivity index (χ4n) is 2.14. The monoisotopic (exact) mass is 347 g/mol. The van der Waals surface area contributed by atoms with E-state index in [-0.39, 0.29) is 4.90 Å². The molecule has 1 N–H and O–H groups in total. The summed E-state index contributed by atoms with van der Waals surface area (Å²) in [6, 6.07) is 11.6. The maximum atomic E-state index is 12.6. The van der Waals surface area contributed by atoms with E-state index in [0.29, 0.717) is 16.4 Å². The van der Waals surface area contributed by atoms with E-state index in [1.54, 1.807) is 65.8 Å². The Morgan fingerprint density at radius 3 is 2.52 bits per heavy atom. The number of hydrogen-bond donors (Lipinski definition) is 1. The largest absolute Gasteiger partial charge is 0.304 e. The maximum Gasteiger partial charge on any atom is 0.261 e. The fourth-order valence-corrected chi connectivity index (χ4v) is 3.38. The lowest BCUT2D eigenvalue weighted by Crippen LogP contribution is -2.14. The van der Waals surface area contributed by atoms with Crippen LogP contribution < -0.4 is 4.72 Å². The third kappa shape index (κ3) is 3.38. The third-order valence-electron chi connectivity index (χ3n) is 3.32. The molecule has 1 aromatic heterocycles. The highest BCUT2D eigenvalue weighted by atomic mass is 35.5. The molecule has 1 heterocycles. The van der Waals surface area contributed by atoms with Crippen LogP contribution in [-0.4, -0.2) is 18.0 Å². The molecule has 0 bridgehead atoms. The minimum atomic E-state index is -3.70. The molecule has 23 heavy (non-hydrogen) atoms. The summed E-state index contributed by atoms with van der Waals surface area (Å²) in [4.78, 5) is 4.17. The molecule has 0 aliphatic carbocycles. The van der Waals surface area contributed by atoms with Gasteiger partial charge in [-0.05, 0) is 37.3 Å². The Labute approximate surface area is 139 Å². The second-order valence-corrected chi connectivity index (χ2v) is 7.17. The summed E-state index contributed by atoms with van der Waals surface area (Å²) in [5, 5.41) is 0.440. The first kappa shape index (κ1) is 15.6. The minimum absolute atomic E-state index is 0.194. The number of sulfonamides is 1. The summed E-state index contributed by atoms with van der Waals surface area (Å²) >= 11 is 6.01. The Balaban J connectivity index is 2.02. The molecule has 5 nitrogen and oxygen atoms in total. The number of anilines is 1. The van der Waals surface area contributed by atoms with Crippen molar-refractivity contribution in [3.8, 4) is 5.69 Å². The smallest absolute Gasteiger partial charge is 0.261 e. The van der Waals surface area contributed by atoms with Crippen LogP contribution in [0.4, 0.5) is 5.69 Å². The van der Waals surface area contributed by atoms with E-state index in [9.17, 15) is 8.42 Å². The van der Waals surface area contributed by atoms with Gasteiger partial charge in [0.15, 0.2) is 0 Å². The van der Waals surface area contributed by atoms with E-state index in [1.807, 2.05) is 6.92 Å². The van der Waals surface area contributed by atoms with Gasteiger partial charge in [-0.15, -0.1) is 0 Å². The molecule has 2 aromatic carbocycles. The number of rotatable bonds is 4. The lowest BCUT2D eigenvalue weighted by atomic mass is 10.2. The topological polar surface area (TPSA) is 64.0 Å². The van der Waals surface area contributed by atoms with Gasteiger partial charge < -0.3 is 4.57 Å². The van der Waals surface area contributed by atoms with Crippen molar-refractivity contribution >= 4 is 27.3 Å². The molecule has 0 aliphatic rings. The number of halogens is 1. The molecule has 0 amide bonds. The van der Waals surface area contributed by atoms with Gasteiger partial charge in [-0.2, -0.15) is 0 Å². The molecule has 0 unspecified atom stereocenters. The second-order valence-electron chi connectivity index (χ2n) is 5.05. The molecule has 3 aromatic rings. The number of nitrogens with zero attached hydrogens (tertiary/aromatic N) is 2. The zero-order valence-electron chi connectivity index (χ0n) is 12.3. The van der Waals surface area contributed by atoms with E-state index in [2.05, 4.69) is 9.71 Å². The van der Waals surface area contributed by atoms with E-state index in [4.69, 9.17) is 11.6 Å². The van der Waals surface area contributed by atoms with Crippen LogP contribution in [0.15, 0.2) is 66.1 Å². The highest BCUT2D eigenvalue weighted by molar-refractivity contribution is 7.92. The first-order valence-corrected chi connectivity index (χ1v) is 8.69. The first-order valence-electron chi connectivity index (χ1n) is 6.83. The zero-order valence-corrected chi connectivity index (χ0v) is 13.8. The molecule has 0 saturated heterocycles. The second kappa shape index (κ2) is 6.06. The van der Waals surface area contributed by atoms with E-state index in [1.165, 1.54) is 0 Å². The quantitative estimate of drug-likeness (QED) is 0.783. The number of benzene rings is 2. The molecule has 0 atom stereocenters. The van der Waals surface area contributed by atoms with Gasteiger partial charge in [-0.1, -0.05) is 29.3 Å². The lowest BCUT2D eigenvalue weighted by molar-refractivity contribution is 0.601. The van der Waals surface area contributed by atoms with E-state index < -0.39 is 10.0 Å². The van der Waals surface area contributed by atoms with Gasteiger partial charge in [-0.25, -0.2) is 13.4 Å². The average molecular weight is 348 g/mol. The van der Waals surface area contributed by atoms with Gasteiger partial charge in [0.1, 0.15) is 0 Å². The molecule has 0 radical (unpaired) electrons. The Kier molecular flexibility index (Phi) is 4.11. The van der Waals surface area contributed by atoms with Gasteiger partial charge in [-0.3, -0.25) is 4.72 Å². The lowest BCUT2D eigenvalue weighted by Gasteiger charge is -2.13. The standard InChI is InChI=1S/C16H14ClN3O2S/c1-12-2-5-14(6-3-12)23(21,22)19-15-10-13(17)4-7-16(15)20-9-8-18-11-20/h2-11,19H,1H3. The van der Waals surface area contributed by atoms with Crippen LogP contribution in [0.5, 0.6) is 0 Å². The van der Waals surface area contributed by atoms with Crippen molar-refractivity contribution in [2.45, 2.75) is 11.8 Å². The Bertz CT molecular complexity index is 920. The van der Waals surface area contributed by atoms with Crippen LogP contribution in [0.25, 0.3) is 5.69 Å². The Morgan fingerprint density at radius 2 is 1.87 bits per heavy atom. The molecular weight excluding hydrogens is 334 g/mol. The summed E-state index contributed by atoms with van der Waals surface area (Å²) < 4.78 is 29.4. The molecule has 118 valence electrons. The predicted octanol–water partition coefficient (Wildman–Crippen LogP) is 3.63. The molecular formula is C16H14ClN3O2S. The highest BCUT2D eigenvalue weighted by Gasteiger charge is 2.16. The summed E-state index contributed by atoms with van der Waals surface area (Å²) in [5.74, 6) is 0. The number of nitrogens with one attached hydrogen (secondary N) is 1. The average Bonchev–Trinajstić information content (AvgIpc) is 3.01. The van der Waals surface area contributed by atoms with Crippen molar-refractivity contribution in [3.63, 3.8) is 0 Å². The van der Waals surface area contributed by atoms with Crippen molar-refractivity contribution in [3.05, 3.63) is 71.8 Å². The normalized spacial score (nSPS) is 11.4. The molecule has 3 rings (SSSR count). The number of aryl methyl sites for hydroxylation is 1. The SMILES string of the molecule is Cc1ccc(S(=O)(=O)Nc2cc(Cl)ccc2-n2ccnc2)cc1. The number of aromatic nitrogens is 2. The van der Waals surface area contributed by atoms with Gasteiger partial charge in [0.25, 0.3) is 10.0 Å². The third-order valence-corrected chi connectivity index (χ3v) is 4.93. The van der Waals surface area contributed by atoms with Gasteiger partial charge in [0, 0.05) is 17.4 Å². The maximum absolute atomic E-state index is 12.6. The van der Waals surface area contributed by atoms with Crippen molar-refractivity contribution < 1.29 is 8.42 Å². The zero-order chi connectivity index (χ0) is 16.4. The molecule has 0 saturated carbocycles. The number of imidazole rings is 1. The number of hydrogen-bond acceptors (Lipinski definition) is 3. The highest BCUT2D eigenvalue weighted by Crippen LogP contribution is 2.27. The predicted molar refractivity (Wildman–Crippen MR) is 90.6 cm³/mol. The van der Waals surface area contributed by atoms with Gasteiger partial charge in [0.2, 0.25) is 0 Å². The van der Waals surface area contributed by atoms with Gasteiger partial charge in [0.05, 0.1) is 22.6 Å². The first-order chi connectivity index (χ1) is 11.0. The van der Waals surface area contributed by atoms with Crippen LogP contribution in [-0.2, 0) is 10.0 Å². The Hall–Kier alpha value is -2.31. The van der Waals surface area contributed by atoms with Crippen LogP contribution in [0.2, 0.25) is 5.02 Å². The van der Waals surface area contributed by atoms with Crippen molar-refractivity contribution in [1.82, 2.24) is 9.55 Å². The molecule has 0 aliphatic heterocycles. The Morgan fingerprint density at radius 1 is 1.13 bits per heavy atom. The summed E-state index contributed by atoms with van der Waals surface area (Å²) in [7, 11) is -3.70. The van der Waals surface area contributed by atoms with Crippen molar-refractivity contribution in [1.29, 1.82) is 0 Å². The summed E-state index contributed by atoms with van der Waals surface area (Å²) in [5.41, 5.74) is 2.02. The fraction of sp³-hybridized carbons (Fsp3) is 0.0625. The van der Waals surface area contributed by atoms with Crippen molar-refractivity contribution in [2.75, 3.05) is 4.72 Å². The van der Waals surface area contributed by atoms with Gasteiger partial charge >= 0.3 is 0 Å². The molecule has 7 heteroatoms. The van der Waals surface area contributed by atoms with Crippen LogP contribution >= 0.6 is 11.6 Å². The van der Waals surface area contributed by atoms with Crippen LogP contribution in [0, 0.1) is 6.92 Å². The van der Waals surface area contributed by atoms with E-state index >= 15 is 0 Å². The minimum Gasteiger partial charge on any atom is -0.304 e. The van der Waals surface area contributed by atoms with Crippen molar-refractivity contribution in [2.24, 2.45) is 0 Å².